The molecule has 218 valence electrons. The van der Waals surface area contributed by atoms with Crippen LogP contribution in [0.2, 0.25) is 0 Å². The van der Waals surface area contributed by atoms with Crippen LogP contribution in [0.5, 0.6) is 17.2 Å². The SMILES string of the molecule is COC[C@]1(O)CCCC[C@H]1n1cnc(C(=O)N2CCNC[C@H]2CCOc2ccc3c(c2)OCO3)c1-c1ccccc1. The number of hydrogen-bond donors (Lipinski definition) is 2. The minimum absolute atomic E-state index is 0.0564. The highest BCUT2D eigenvalue weighted by Crippen LogP contribution is 2.41. The molecule has 10 heteroatoms. The largest absolute Gasteiger partial charge is 0.493 e. The van der Waals surface area contributed by atoms with Crippen LogP contribution in [0.15, 0.2) is 54.9 Å². The van der Waals surface area contributed by atoms with Crippen LogP contribution >= 0.6 is 0 Å². The van der Waals surface area contributed by atoms with Crippen LogP contribution in [0.1, 0.15) is 48.6 Å². The van der Waals surface area contributed by atoms with Crippen molar-refractivity contribution in [2.75, 3.05) is 46.8 Å². The lowest BCUT2D eigenvalue weighted by Gasteiger charge is -2.41. The van der Waals surface area contributed by atoms with E-state index in [0.29, 0.717) is 62.0 Å². The number of benzene rings is 2. The molecule has 41 heavy (non-hydrogen) atoms. The van der Waals surface area contributed by atoms with Crippen molar-refractivity contribution in [2.45, 2.75) is 49.8 Å². The van der Waals surface area contributed by atoms with Crippen molar-refractivity contribution in [3.05, 3.63) is 60.6 Å². The van der Waals surface area contributed by atoms with Crippen molar-refractivity contribution in [2.24, 2.45) is 0 Å². The van der Waals surface area contributed by atoms with Crippen LogP contribution in [0.3, 0.4) is 0 Å². The second kappa shape index (κ2) is 12.1. The van der Waals surface area contributed by atoms with Crippen LogP contribution in [0.4, 0.5) is 0 Å². The molecule has 3 aliphatic rings. The molecule has 1 amide bonds. The lowest BCUT2D eigenvalue weighted by Crippen LogP contribution is -2.54. The van der Waals surface area contributed by atoms with Crippen molar-refractivity contribution in [3.63, 3.8) is 0 Å². The molecule has 10 nitrogen and oxygen atoms in total. The third-order valence-corrected chi connectivity index (χ3v) is 8.41. The molecule has 1 aromatic heterocycles. The summed E-state index contributed by atoms with van der Waals surface area (Å²) < 4.78 is 24.3. The van der Waals surface area contributed by atoms with E-state index in [4.69, 9.17) is 23.9 Å². The molecule has 1 aliphatic carbocycles. The number of carbonyl (C=O) groups excluding carboxylic acids is 1. The van der Waals surface area contributed by atoms with Crippen LogP contribution in [-0.4, -0.2) is 83.9 Å². The van der Waals surface area contributed by atoms with E-state index in [1.54, 1.807) is 13.4 Å². The number of ether oxygens (including phenoxy) is 4. The summed E-state index contributed by atoms with van der Waals surface area (Å²) >= 11 is 0. The number of piperazine rings is 1. The summed E-state index contributed by atoms with van der Waals surface area (Å²) in [5.41, 5.74) is 1.02. The van der Waals surface area contributed by atoms with Gasteiger partial charge in [-0.2, -0.15) is 0 Å². The lowest BCUT2D eigenvalue weighted by molar-refractivity contribution is -0.0893. The van der Waals surface area contributed by atoms with E-state index in [9.17, 15) is 9.90 Å². The second-order valence-electron chi connectivity index (χ2n) is 11.0. The molecule has 0 unspecified atom stereocenters. The van der Waals surface area contributed by atoms with Gasteiger partial charge in [0.2, 0.25) is 6.79 Å². The predicted octanol–water partition coefficient (Wildman–Crippen LogP) is 3.65. The quantitative estimate of drug-likeness (QED) is 0.407. The molecule has 0 spiro atoms. The van der Waals surface area contributed by atoms with Gasteiger partial charge < -0.3 is 38.8 Å². The van der Waals surface area contributed by atoms with E-state index < -0.39 is 5.60 Å². The minimum atomic E-state index is -1.03. The fraction of sp³-hybridized carbons (Fsp3) is 0.484. The highest BCUT2D eigenvalue weighted by atomic mass is 16.7. The van der Waals surface area contributed by atoms with Crippen molar-refractivity contribution in [1.29, 1.82) is 0 Å². The van der Waals surface area contributed by atoms with Crippen LogP contribution in [-0.2, 0) is 4.74 Å². The van der Waals surface area contributed by atoms with Gasteiger partial charge in [-0.15, -0.1) is 0 Å². The van der Waals surface area contributed by atoms with Gasteiger partial charge in [-0.25, -0.2) is 4.98 Å². The maximum absolute atomic E-state index is 14.2. The van der Waals surface area contributed by atoms with Crippen molar-refractivity contribution < 1.29 is 28.8 Å². The zero-order valence-electron chi connectivity index (χ0n) is 23.5. The average molecular weight is 563 g/mol. The topological polar surface area (TPSA) is 107 Å². The van der Waals surface area contributed by atoms with Gasteiger partial charge in [0.15, 0.2) is 17.2 Å². The van der Waals surface area contributed by atoms with Gasteiger partial charge >= 0.3 is 0 Å². The number of aromatic nitrogens is 2. The van der Waals surface area contributed by atoms with Gasteiger partial charge in [-0.3, -0.25) is 4.79 Å². The first-order chi connectivity index (χ1) is 20.1. The summed E-state index contributed by atoms with van der Waals surface area (Å²) in [6.45, 7) is 2.86. The maximum Gasteiger partial charge on any atom is 0.275 e. The average Bonchev–Trinajstić information content (AvgIpc) is 3.65. The Balaban J connectivity index is 1.24. The van der Waals surface area contributed by atoms with E-state index in [0.717, 1.165) is 30.5 Å². The number of rotatable bonds is 9. The summed E-state index contributed by atoms with van der Waals surface area (Å²) in [6.07, 6.45) is 5.75. The fourth-order valence-corrected chi connectivity index (χ4v) is 6.36. The first kappa shape index (κ1) is 27.6. The predicted molar refractivity (Wildman–Crippen MR) is 152 cm³/mol. The molecule has 1 saturated carbocycles. The Morgan fingerprint density at radius 2 is 2.02 bits per heavy atom. The van der Waals surface area contributed by atoms with Gasteiger partial charge in [0.1, 0.15) is 11.4 Å². The van der Waals surface area contributed by atoms with Crippen LogP contribution in [0, 0.1) is 0 Å². The first-order valence-electron chi connectivity index (χ1n) is 14.4. The third kappa shape index (κ3) is 5.64. The number of nitrogens with one attached hydrogen (secondary N) is 1. The number of methoxy groups -OCH3 is 1. The van der Waals surface area contributed by atoms with E-state index >= 15 is 0 Å². The summed E-state index contributed by atoms with van der Waals surface area (Å²) in [4.78, 5) is 20.8. The molecule has 6 rings (SSSR count). The van der Waals surface area contributed by atoms with Gasteiger partial charge in [-0.05, 0) is 25.0 Å². The Bertz CT molecular complexity index is 1340. The molecular formula is C31H38N4O6. The maximum atomic E-state index is 14.2. The Hall–Kier alpha value is -3.60. The zero-order chi connectivity index (χ0) is 28.2. The molecule has 0 radical (unpaired) electrons. The number of hydrogen-bond acceptors (Lipinski definition) is 8. The first-order valence-corrected chi connectivity index (χ1v) is 14.4. The monoisotopic (exact) mass is 562 g/mol. The molecule has 2 aromatic carbocycles. The van der Waals surface area contributed by atoms with Crippen molar-refractivity contribution >= 4 is 5.91 Å². The molecule has 2 aliphatic heterocycles. The van der Waals surface area contributed by atoms with Crippen molar-refractivity contribution in [1.82, 2.24) is 19.8 Å². The molecule has 3 aromatic rings. The molecule has 1 saturated heterocycles. The van der Waals surface area contributed by atoms with Crippen LogP contribution in [0.25, 0.3) is 11.3 Å². The summed E-state index contributed by atoms with van der Waals surface area (Å²) in [7, 11) is 1.62. The minimum Gasteiger partial charge on any atom is -0.493 e. The van der Waals surface area contributed by atoms with E-state index in [1.165, 1.54) is 0 Å². The Morgan fingerprint density at radius 3 is 2.88 bits per heavy atom. The number of imidazole rings is 1. The molecule has 2 N–H and O–H groups in total. The molecule has 3 atom stereocenters. The zero-order valence-corrected chi connectivity index (χ0v) is 23.5. The van der Waals surface area contributed by atoms with Gasteiger partial charge in [0.05, 0.1) is 31.3 Å². The van der Waals surface area contributed by atoms with Gasteiger partial charge in [0, 0.05) is 50.8 Å². The lowest BCUT2D eigenvalue weighted by atomic mass is 9.80. The summed E-state index contributed by atoms with van der Waals surface area (Å²) in [6, 6.07) is 15.1. The number of aliphatic hydroxyl groups is 1. The van der Waals surface area contributed by atoms with Crippen LogP contribution < -0.4 is 19.5 Å². The number of fused-ring (bicyclic) bond motifs is 1. The van der Waals surface area contributed by atoms with E-state index in [1.807, 2.05) is 58.0 Å². The summed E-state index contributed by atoms with van der Waals surface area (Å²) in [5.74, 6) is 1.99. The number of carbonyl (C=O) groups is 1. The second-order valence-corrected chi connectivity index (χ2v) is 11.0. The molecule has 0 bridgehead atoms. The molecule has 3 heterocycles. The molecular weight excluding hydrogens is 524 g/mol. The Kier molecular flexibility index (Phi) is 8.13. The smallest absolute Gasteiger partial charge is 0.275 e. The Morgan fingerprint density at radius 1 is 1.17 bits per heavy atom. The fourth-order valence-electron chi connectivity index (χ4n) is 6.36. The normalized spacial score (nSPS) is 23.9. The van der Waals surface area contributed by atoms with E-state index in [-0.39, 0.29) is 31.4 Å². The van der Waals surface area contributed by atoms with E-state index in [2.05, 4.69) is 5.32 Å². The van der Waals surface area contributed by atoms with Crippen molar-refractivity contribution in [3.8, 4) is 28.5 Å². The number of amides is 1. The van der Waals surface area contributed by atoms with Gasteiger partial charge in [0.25, 0.3) is 5.91 Å². The Labute approximate surface area is 240 Å². The number of nitrogens with zero attached hydrogens (tertiary/aromatic N) is 3. The summed E-state index contributed by atoms with van der Waals surface area (Å²) in [5, 5.41) is 15.1. The van der Waals surface area contributed by atoms with Gasteiger partial charge in [-0.1, -0.05) is 43.2 Å². The highest BCUT2D eigenvalue weighted by Gasteiger charge is 2.42. The highest BCUT2D eigenvalue weighted by molar-refractivity contribution is 5.98. The standard InChI is InChI=1S/C31H38N4O6/c1-38-19-31(37)13-6-5-9-27(31)35-20-33-28(29(35)22-7-3-2-4-8-22)30(36)34-15-14-32-18-23(34)12-16-39-24-10-11-25-26(17-24)41-21-40-25/h2-4,7-8,10-11,17,20,23,27,32,37H,5-6,9,12-16,18-19,21H2,1H3/t23-,27-,31-/m1/s1. The third-order valence-electron chi connectivity index (χ3n) is 8.41. The molecule has 2 fully saturated rings.